The summed E-state index contributed by atoms with van der Waals surface area (Å²) >= 11 is 0. The summed E-state index contributed by atoms with van der Waals surface area (Å²) in [5.41, 5.74) is 2.30. The normalized spacial score (nSPS) is 15.8. The van der Waals surface area contributed by atoms with Crippen LogP contribution in [0.5, 0.6) is 0 Å². The van der Waals surface area contributed by atoms with E-state index in [-0.39, 0.29) is 34.6 Å². The van der Waals surface area contributed by atoms with Gasteiger partial charge in [0.25, 0.3) is 11.8 Å². The number of rotatable bonds is 3. The van der Waals surface area contributed by atoms with Gasteiger partial charge < -0.3 is 9.80 Å². The van der Waals surface area contributed by atoms with Gasteiger partial charge in [0.1, 0.15) is 17.8 Å². The first kappa shape index (κ1) is 24.5. The Labute approximate surface area is 213 Å². The molecule has 4 aromatic rings. The summed E-state index contributed by atoms with van der Waals surface area (Å²) in [6.45, 7) is 11.1. The smallest absolute Gasteiger partial charge is 0.291 e. The van der Waals surface area contributed by atoms with Gasteiger partial charge in [-0.1, -0.05) is 20.8 Å². The zero-order valence-corrected chi connectivity index (χ0v) is 21.5. The molecule has 11 heteroatoms. The highest BCUT2D eigenvalue weighted by Gasteiger charge is 2.40. The van der Waals surface area contributed by atoms with E-state index in [0.717, 1.165) is 11.1 Å². The molecule has 0 bridgehead atoms. The predicted octanol–water partition coefficient (Wildman–Crippen LogP) is 3.33. The molecule has 1 aromatic carbocycles. The van der Waals surface area contributed by atoms with Crippen LogP contribution in [-0.2, 0) is 5.41 Å². The number of carbonyl (C=O) groups is 2. The number of hydrogen-bond donors (Lipinski definition) is 1. The van der Waals surface area contributed by atoms with E-state index in [4.69, 9.17) is 4.98 Å². The molecule has 10 nitrogen and oxygen atoms in total. The Hall–Kier alpha value is -4.15. The Morgan fingerprint density at radius 1 is 1.08 bits per heavy atom. The Bertz CT molecular complexity index is 1470. The lowest BCUT2D eigenvalue weighted by atomic mass is 9.87. The Kier molecular flexibility index (Phi) is 5.81. The van der Waals surface area contributed by atoms with Crippen LogP contribution in [0.15, 0.2) is 42.9 Å². The van der Waals surface area contributed by atoms with Crippen molar-refractivity contribution in [2.45, 2.75) is 45.6 Å². The summed E-state index contributed by atoms with van der Waals surface area (Å²) in [5, 5.41) is 11.0. The van der Waals surface area contributed by atoms with Crippen molar-refractivity contribution in [2.75, 3.05) is 19.6 Å². The third-order valence-corrected chi connectivity index (χ3v) is 6.64. The Morgan fingerprint density at radius 3 is 2.43 bits per heavy atom. The predicted molar refractivity (Wildman–Crippen MR) is 134 cm³/mol. The lowest BCUT2D eigenvalue weighted by Gasteiger charge is -2.46. The van der Waals surface area contributed by atoms with Crippen molar-refractivity contribution in [3.05, 3.63) is 65.8 Å². The molecule has 1 fully saturated rings. The number of piperazine rings is 1. The van der Waals surface area contributed by atoms with Crippen molar-refractivity contribution in [3.8, 4) is 11.3 Å². The fourth-order valence-electron chi connectivity index (χ4n) is 4.70. The molecule has 192 valence electrons. The first-order chi connectivity index (χ1) is 17.4. The number of aromatic nitrogens is 6. The maximum absolute atomic E-state index is 13.7. The van der Waals surface area contributed by atoms with E-state index in [1.807, 2.05) is 19.9 Å². The molecule has 1 saturated heterocycles. The van der Waals surface area contributed by atoms with Gasteiger partial charge in [0.2, 0.25) is 5.82 Å². The molecular weight excluding hydrogens is 475 g/mol. The molecule has 0 aliphatic carbocycles. The first-order valence-electron chi connectivity index (χ1n) is 12.1. The average Bonchev–Trinajstić information content (AvgIpc) is 3.52. The summed E-state index contributed by atoms with van der Waals surface area (Å²) in [7, 11) is 0. The summed E-state index contributed by atoms with van der Waals surface area (Å²) in [5.74, 6) is -0.626. The van der Waals surface area contributed by atoms with Crippen LogP contribution in [0.1, 0.15) is 61.3 Å². The molecule has 0 spiro atoms. The van der Waals surface area contributed by atoms with Crippen LogP contribution in [0, 0.1) is 5.82 Å². The van der Waals surface area contributed by atoms with Crippen molar-refractivity contribution in [1.82, 2.24) is 39.6 Å². The second-order valence-electron chi connectivity index (χ2n) is 10.9. The van der Waals surface area contributed by atoms with E-state index in [9.17, 15) is 14.0 Å². The van der Waals surface area contributed by atoms with E-state index >= 15 is 0 Å². The molecule has 3 aromatic heterocycles. The molecule has 1 aliphatic rings. The molecule has 0 unspecified atom stereocenters. The molecular formula is C26H29FN8O2. The minimum Gasteiger partial charge on any atom is -0.332 e. The highest BCUT2D eigenvalue weighted by atomic mass is 19.1. The summed E-state index contributed by atoms with van der Waals surface area (Å²) in [6.07, 6.45) is 2.94. The van der Waals surface area contributed by atoms with Gasteiger partial charge in [0.15, 0.2) is 5.65 Å². The van der Waals surface area contributed by atoms with E-state index in [1.165, 1.54) is 18.5 Å². The van der Waals surface area contributed by atoms with Crippen molar-refractivity contribution in [1.29, 1.82) is 0 Å². The largest absolute Gasteiger partial charge is 0.332 e. The Balaban J connectivity index is 1.47. The lowest BCUT2D eigenvalue weighted by Crippen LogP contribution is -2.62. The van der Waals surface area contributed by atoms with Crippen LogP contribution in [0.3, 0.4) is 0 Å². The second kappa shape index (κ2) is 8.75. The molecule has 37 heavy (non-hydrogen) atoms. The highest BCUT2D eigenvalue weighted by molar-refractivity contribution is 5.94. The van der Waals surface area contributed by atoms with Crippen molar-refractivity contribution in [2.24, 2.45) is 0 Å². The number of hydrogen-bond acceptors (Lipinski definition) is 6. The van der Waals surface area contributed by atoms with Gasteiger partial charge >= 0.3 is 0 Å². The average molecular weight is 505 g/mol. The van der Waals surface area contributed by atoms with Crippen LogP contribution in [0.4, 0.5) is 4.39 Å². The van der Waals surface area contributed by atoms with Crippen molar-refractivity contribution in [3.63, 3.8) is 0 Å². The Morgan fingerprint density at radius 2 is 1.81 bits per heavy atom. The summed E-state index contributed by atoms with van der Waals surface area (Å²) < 4.78 is 15.1. The van der Waals surface area contributed by atoms with Crippen molar-refractivity contribution >= 4 is 17.5 Å². The van der Waals surface area contributed by atoms with Crippen LogP contribution in [-0.4, -0.2) is 76.6 Å². The third-order valence-electron chi connectivity index (χ3n) is 6.64. The molecule has 4 heterocycles. The second-order valence-corrected chi connectivity index (χ2v) is 10.9. The van der Waals surface area contributed by atoms with Gasteiger partial charge in [-0.25, -0.2) is 18.9 Å². The summed E-state index contributed by atoms with van der Waals surface area (Å²) in [4.78, 5) is 38.5. The fraction of sp³-hybridized carbons (Fsp3) is 0.385. The van der Waals surface area contributed by atoms with E-state index in [2.05, 4.69) is 41.1 Å². The number of nitrogens with zero attached hydrogens (tertiary/aromatic N) is 7. The van der Waals surface area contributed by atoms with E-state index in [0.29, 0.717) is 31.0 Å². The van der Waals surface area contributed by atoms with Gasteiger partial charge in [0.05, 0.1) is 17.4 Å². The number of benzene rings is 1. The quantitative estimate of drug-likeness (QED) is 0.458. The third kappa shape index (κ3) is 4.56. The first-order valence-corrected chi connectivity index (χ1v) is 12.1. The van der Waals surface area contributed by atoms with Gasteiger partial charge in [-0.3, -0.25) is 14.7 Å². The summed E-state index contributed by atoms with van der Waals surface area (Å²) in [6, 6.07) is 8.11. The van der Waals surface area contributed by atoms with Crippen LogP contribution < -0.4 is 0 Å². The minimum absolute atomic E-state index is 0.175. The monoisotopic (exact) mass is 504 g/mol. The van der Waals surface area contributed by atoms with Crippen molar-refractivity contribution < 1.29 is 14.0 Å². The number of halogens is 1. The van der Waals surface area contributed by atoms with Crippen LogP contribution in [0.25, 0.3) is 16.9 Å². The zero-order valence-electron chi connectivity index (χ0n) is 21.5. The lowest BCUT2D eigenvalue weighted by molar-refractivity contribution is 0.0160. The standard InChI is InChI=1S/C26H29FN8O2/c1-25(2,3)18-12-19(16-6-8-17(27)9-7-16)32-35-13-20(30-22(18)35)23(36)34-11-10-33(14-26(34,4)5)24(37)21-28-15-29-31-21/h6-9,12-13,15H,10-11,14H2,1-5H3,(H,28,29,31). The number of carbonyl (C=O) groups excluding carboxylic acids is 2. The van der Waals surface area contributed by atoms with Crippen LogP contribution >= 0.6 is 0 Å². The molecule has 1 aliphatic heterocycles. The topological polar surface area (TPSA) is 112 Å². The number of aromatic amines is 1. The highest BCUT2D eigenvalue weighted by Crippen LogP contribution is 2.31. The number of nitrogens with one attached hydrogen (secondary N) is 1. The maximum atomic E-state index is 13.7. The van der Waals surface area contributed by atoms with Gasteiger partial charge in [0, 0.05) is 30.8 Å². The van der Waals surface area contributed by atoms with Gasteiger partial charge in [-0.2, -0.15) is 10.2 Å². The van der Waals surface area contributed by atoms with Gasteiger partial charge in [-0.05, 0) is 49.6 Å². The molecule has 0 saturated carbocycles. The van der Waals surface area contributed by atoms with E-state index in [1.54, 1.807) is 32.6 Å². The van der Waals surface area contributed by atoms with E-state index < -0.39 is 5.54 Å². The number of fused-ring (bicyclic) bond motifs is 1. The molecule has 1 N–H and O–H groups in total. The maximum Gasteiger partial charge on any atom is 0.291 e. The fourth-order valence-corrected chi connectivity index (χ4v) is 4.70. The SMILES string of the molecule is CC(C)(C)c1cc(-c2ccc(F)cc2)nn2cc(C(=O)N3CCN(C(=O)c4ncn[nH]4)CC3(C)C)nc12. The van der Waals surface area contributed by atoms with Crippen LogP contribution in [0.2, 0.25) is 0 Å². The number of imidazole rings is 1. The number of amides is 2. The zero-order chi connectivity index (χ0) is 26.5. The molecule has 0 radical (unpaired) electrons. The minimum atomic E-state index is -0.639. The van der Waals surface area contributed by atoms with Gasteiger partial charge in [-0.15, -0.1) is 0 Å². The molecule has 5 rings (SSSR count). The number of H-pyrrole nitrogens is 1. The molecule has 2 amide bonds. The molecule has 0 atom stereocenters.